The van der Waals surface area contributed by atoms with Gasteiger partial charge in [-0.1, -0.05) is 31.2 Å². The molecule has 0 atom stereocenters. The van der Waals surface area contributed by atoms with Gasteiger partial charge in [0, 0.05) is 19.6 Å². The standard InChI is InChI=1S/C22H23NO4/c1-2-15-3-5-16(6-4-15)13-20-21(25)17-7-8-19(24)18(22(17)27-20)14-23-9-11-26-12-10-23/h3-8,13,24H,2,9-12,14H2,1H3/b20-13-. The van der Waals surface area contributed by atoms with E-state index in [1.54, 1.807) is 18.2 Å². The van der Waals surface area contributed by atoms with Crippen molar-refractivity contribution in [3.8, 4) is 11.5 Å². The highest BCUT2D eigenvalue weighted by Gasteiger charge is 2.31. The SMILES string of the molecule is CCc1ccc(/C=C2\Oc3c(ccc(O)c3CN3CCOCC3)C2=O)cc1. The van der Waals surface area contributed by atoms with Gasteiger partial charge in [0.15, 0.2) is 5.76 Å². The molecule has 0 saturated carbocycles. The van der Waals surface area contributed by atoms with Gasteiger partial charge in [-0.15, -0.1) is 0 Å². The first-order valence-corrected chi connectivity index (χ1v) is 9.34. The number of nitrogens with zero attached hydrogens (tertiary/aromatic N) is 1. The molecule has 0 radical (unpaired) electrons. The third kappa shape index (κ3) is 3.61. The highest BCUT2D eigenvalue weighted by molar-refractivity contribution is 6.15. The highest BCUT2D eigenvalue weighted by atomic mass is 16.5. The van der Waals surface area contributed by atoms with Crippen LogP contribution in [-0.4, -0.2) is 42.1 Å². The molecule has 1 N–H and O–H groups in total. The van der Waals surface area contributed by atoms with Gasteiger partial charge in [0.2, 0.25) is 5.78 Å². The van der Waals surface area contributed by atoms with Gasteiger partial charge in [-0.25, -0.2) is 0 Å². The molecule has 1 saturated heterocycles. The van der Waals surface area contributed by atoms with E-state index in [-0.39, 0.29) is 11.5 Å². The summed E-state index contributed by atoms with van der Waals surface area (Å²) >= 11 is 0. The average molecular weight is 365 g/mol. The second kappa shape index (κ2) is 7.55. The van der Waals surface area contributed by atoms with Crippen LogP contribution in [0.4, 0.5) is 0 Å². The summed E-state index contributed by atoms with van der Waals surface area (Å²) < 4.78 is 11.3. The van der Waals surface area contributed by atoms with E-state index < -0.39 is 0 Å². The number of rotatable bonds is 4. The molecule has 0 aliphatic carbocycles. The molecule has 0 aromatic heterocycles. The van der Waals surface area contributed by atoms with Gasteiger partial charge >= 0.3 is 0 Å². The summed E-state index contributed by atoms with van der Waals surface area (Å²) in [5, 5.41) is 10.4. The van der Waals surface area contributed by atoms with Gasteiger partial charge in [-0.3, -0.25) is 9.69 Å². The maximum absolute atomic E-state index is 12.8. The van der Waals surface area contributed by atoms with Crippen molar-refractivity contribution in [2.75, 3.05) is 26.3 Å². The predicted molar refractivity (Wildman–Crippen MR) is 103 cm³/mol. The molecule has 1 fully saturated rings. The topological polar surface area (TPSA) is 59.0 Å². The van der Waals surface area contributed by atoms with Crippen LogP contribution < -0.4 is 4.74 Å². The molecular weight excluding hydrogens is 342 g/mol. The Kier molecular flexibility index (Phi) is 4.97. The van der Waals surface area contributed by atoms with Crippen LogP contribution in [0.5, 0.6) is 11.5 Å². The normalized spacial score (nSPS) is 18.6. The number of ether oxygens (including phenoxy) is 2. The quantitative estimate of drug-likeness (QED) is 0.842. The first-order chi connectivity index (χ1) is 13.2. The van der Waals surface area contributed by atoms with Crippen molar-refractivity contribution in [2.24, 2.45) is 0 Å². The number of phenolic OH excluding ortho intramolecular Hbond substituents is 1. The zero-order chi connectivity index (χ0) is 18.8. The van der Waals surface area contributed by atoms with E-state index in [0.29, 0.717) is 42.4 Å². The van der Waals surface area contributed by atoms with Gasteiger partial charge in [0.05, 0.1) is 24.3 Å². The van der Waals surface area contributed by atoms with Crippen molar-refractivity contribution in [1.82, 2.24) is 4.90 Å². The van der Waals surface area contributed by atoms with Gasteiger partial charge in [0.25, 0.3) is 0 Å². The Morgan fingerprint density at radius 2 is 1.85 bits per heavy atom. The van der Waals surface area contributed by atoms with E-state index in [1.807, 2.05) is 12.1 Å². The molecular formula is C22H23NO4. The van der Waals surface area contributed by atoms with E-state index >= 15 is 0 Å². The summed E-state index contributed by atoms with van der Waals surface area (Å²) in [6.45, 7) is 5.58. The number of hydrogen-bond donors (Lipinski definition) is 1. The average Bonchev–Trinajstić information content (AvgIpc) is 3.01. The van der Waals surface area contributed by atoms with Crippen molar-refractivity contribution in [3.63, 3.8) is 0 Å². The van der Waals surface area contributed by atoms with E-state index in [4.69, 9.17) is 9.47 Å². The number of Topliss-reactive ketones (excluding diaryl/α,β-unsaturated/α-hetero) is 1. The summed E-state index contributed by atoms with van der Waals surface area (Å²) in [6, 6.07) is 11.3. The Hall–Kier alpha value is -2.63. The zero-order valence-corrected chi connectivity index (χ0v) is 15.4. The molecule has 5 nitrogen and oxygen atoms in total. The van der Waals surface area contributed by atoms with Gasteiger partial charge in [0.1, 0.15) is 11.5 Å². The highest BCUT2D eigenvalue weighted by Crippen LogP contribution is 2.40. The van der Waals surface area contributed by atoms with Crippen LogP contribution in [0.2, 0.25) is 0 Å². The summed E-state index contributed by atoms with van der Waals surface area (Å²) in [6.07, 6.45) is 2.74. The van der Waals surface area contributed by atoms with Crippen LogP contribution in [0.25, 0.3) is 6.08 Å². The van der Waals surface area contributed by atoms with Gasteiger partial charge in [-0.2, -0.15) is 0 Å². The summed E-state index contributed by atoms with van der Waals surface area (Å²) in [7, 11) is 0. The van der Waals surface area contributed by atoms with Crippen molar-refractivity contribution in [2.45, 2.75) is 19.9 Å². The van der Waals surface area contributed by atoms with Crippen LogP contribution in [0.3, 0.4) is 0 Å². The van der Waals surface area contributed by atoms with Crippen molar-refractivity contribution < 1.29 is 19.4 Å². The number of benzene rings is 2. The van der Waals surface area contributed by atoms with Crippen LogP contribution >= 0.6 is 0 Å². The number of aromatic hydroxyl groups is 1. The molecule has 2 aromatic carbocycles. The summed E-state index contributed by atoms with van der Waals surface area (Å²) in [5.74, 6) is 0.778. The molecule has 0 amide bonds. The number of carbonyl (C=O) groups is 1. The molecule has 2 aliphatic heterocycles. The van der Waals surface area contributed by atoms with Crippen LogP contribution in [0.1, 0.15) is 34.0 Å². The molecule has 2 heterocycles. The smallest absolute Gasteiger partial charge is 0.231 e. The number of carbonyl (C=O) groups excluding carboxylic acids is 1. The fraction of sp³-hybridized carbons (Fsp3) is 0.318. The van der Waals surface area contributed by atoms with Crippen molar-refractivity contribution >= 4 is 11.9 Å². The molecule has 140 valence electrons. The predicted octanol–water partition coefficient (Wildman–Crippen LogP) is 3.40. The number of hydrogen-bond acceptors (Lipinski definition) is 5. The molecule has 5 heteroatoms. The largest absolute Gasteiger partial charge is 0.507 e. The monoisotopic (exact) mass is 365 g/mol. The molecule has 27 heavy (non-hydrogen) atoms. The number of phenols is 1. The summed E-state index contributed by atoms with van der Waals surface area (Å²) in [4.78, 5) is 15.0. The zero-order valence-electron chi connectivity index (χ0n) is 15.4. The second-order valence-corrected chi connectivity index (χ2v) is 6.86. The minimum atomic E-state index is -0.146. The minimum Gasteiger partial charge on any atom is -0.507 e. The molecule has 0 spiro atoms. The number of allylic oxidation sites excluding steroid dienone is 1. The number of morpholine rings is 1. The molecule has 2 aliphatic rings. The Morgan fingerprint density at radius 3 is 2.56 bits per heavy atom. The van der Waals surface area contributed by atoms with E-state index in [1.165, 1.54) is 5.56 Å². The fourth-order valence-electron chi connectivity index (χ4n) is 3.43. The van der Waals surface area contributed by atoms with Crippen LogP contribution in [0.15, 0.2) is 42.2 Å². The maximum atomic E-state index is 12.8. The Balaban J connectivity index is 1.62. The number of ketones is 1. The second-order valence-electron chi connectivity index (χ2n) is 6.86. The fourth-order valence-corrected chi connectivity index (χ4v) is 3.43. The van der Waals surface area contributed by atoms with Crippen molar-refractivity contribution in [1.29, 1.82) is 0 Å². The van der Waals surface area contributed by atoms with Crippen LogP contribution in [0, 0.1) is 0 Å². The van der Waals surface area contributed by atoms with E-state index in [2.05, 4.69) is 24.0 Å². The lowest BCUT2D eigenvalue weighted by molar-refractivity contribution is 0.0336. The molecule has 4 rings (SSSR count). The lowest BCUT2D eigenvalue weighted by Crippen LogP contribution is -2.35. The minimum absolute atomic E-state index is 0.146. The molecule has 0 unspecified atom stereocenters. The lowest BCUT2D eigenvalue weighted by atomic mass is 10.0. The first-order valence-electron chi connectivity index (χ1n) is 9.34. The summed E-state index contributed by atoms with van der Waals surface area (Å²) in [5.41, 5.74) is 3.33. The van der Waals surface area contributed by atoms with E-state index in [0.717, 1.165) is 25.1 Å². The van der Waals surface area contributed by atoms with Gasteiger partial charge in [-0.05, 0) is 35.8 Å². The van der Waals surface area contributed by atoms with Crippen LogP contribution in [-0.2, 0) is 17.7 Å². The Morgan fingerprint density at radius 1 is 1.11 bits per heavy atom. The molecule has 2 aromatic rings. The number of aryl methyl sites for hydroxylation is 1. The Labute approximate surface area is 158 Å². The number of fused-ring (bicyclic) bond motifs is 1. The maximum Gasteiger partial charge on any atom is 0.231 e. The lowest BCUT2D eigenvalue weighted by Gasteiger charge is -2.27. The molecule has 0 bridgehead atoms. The van der Waals surface area contributed by atoms with Crippen molar-refractivity contribution in [3.05, 3.63) is 64.4 Å². The third-order valence-electron chi connectivity index (χ3n) is 5.09. The Bertz CT molecular complexity index is 880. The first kappa shape index (κ1) is 17.8. The van der Waals surface area contributed by atoms with Gasteiger partial charge < -0.3 is 14.6 Å². The van der Waals surface area contributed by atoms with E-state index in [9.17, 15) is 9.90 Å². The third-order valence-corrected chi connectivity index (χ3v) is 5.09.